The van der Waals surface area contributed by atoms with E-state index in [1.165, 1.54) is 6.07 Å². The number of benzene rings is 1. The average Bonchev–Trinajstić information content (AvgIpc) is 3.05. The van der Waals surface area contributed by atoms with Gasteiger partial charge in [0.15, 0.2) is 0 Å². The third-order valence-corrected chi connectivity index (χ3v) is 4.98. The van der Waals surface area contributed by atoms with Crippen LogP contribution in [0.4, 0.5) is 17.6 Å². The third kappa shape index (κ3) is 5.85. The van der Waals surface area contributed by atoms with Crippen LogP contribution >= 0.6 is 24.8 Å². The molecule has 0 saturated carbocycles. The molecule has 0 amide bonds. The summed E-state index contributed by atoms with van der Waals surface area (Å²) in [4.78, 5) is 6.45. The molecular formula is C19H26Cl2F4N4O. The van der Waals surface area contributed by atoms with Crippen LogP contribution < -0.4 is 5.32 Å². The zero-order chi connectivity index (χ0) is 20.5. The van der Waals surface area contributed by atoms with Gasteiger partial charge in [-0.05, 0) is 58.2 Å². The lowest BCUT2D eigenvalue weighted by Gasteiger charge is -2.32. The highest BCUT2D eigenvalue weighted by molar-refractivity contribution is 5.85. The molecule has 1 aromatic heterocycles. The molecule has 0 spiro atoms. The summed E-state index contributed by atoms with van der Waals surface area (Å²) in [6.07, 6.45) is -2.23. The van der Waals surface area contributed by atoms with E-state index in [1.54, 1.807) is 10.8 Å². The van der Waals surface area contributed by atoms with Crippen molar-refractivity contribution in [2.45, 2.75) is 31.2 Å². The molecule has 0 atom stereocenters. The molecule has 170 valence electrons. The Balaban J connectivity index is 0.00000225. The van der Waals surface area contributed by atoms with Crippen LogP contribution in [0.2, 0.25) is 0 Å². The maximum Gasteiger partial charge on any atom is 0.419 e. The number of hydrogen-bond donors (Lipinski definition) is 2. The standard InChI is InChI=1S/C19H24F4N4O.2ClH/c1-26(2)9-10-27-12-16(25-17(27)18(28)5-7-24-8-6-18)13-3-4-15(20)14(11-13)19(21,22)23;;/h3-4,11-12,24,28H,5-10H2,1-2H3;2*1H. The maximum absolute atomic E-state index is 13.6. The van der Waals surface area contributed by atoms with Gasteiger partial charge in [0.25, 0.3) is 0 Å². The summed E-state index contributed by atoms with van der Waals surface area (Å²) in [5.74, 6) is -0.885. The minimum absolute atomic E-state index is 0. The second-order valence-corrected chi connectivity index (χ2v) is 7.42. The van der Waals surface area contributed by atoms with Crippen LogP contribution in [0, 0.1) is 5.82 Å². The lowest BCUT2D eigenvalue weighted by Crippen LogP contribution is -2.41. The molecule has 3 rings (SSSR count). The van der Waals surface area contributed by atoms with Gasteiger partial charge < -0.3 is 19.9 Å². The number of likely N-dealkylation sites (N-methyl/N-ethyl adjacent to an activating group) is 1. The van der Waals surface area contributed by atoms with Crippen molar-refractivity contribution in [1.82, 2.24) is 19.8 Å². The van der Waals surface area contributed by atoms with Crippen molar-refractivity contribution in [1.29, 1.82) is 0 Å². The van der Waals surface area contributed by atoms with E-state index in [9.17, 15) is 22.7 Å². The zero-order valence-corrected chi connectivity index (χ0v) is 18.3. The fourth-order valence-electron chi connectivity index (χ4n) is 3.37. The molecule has 1 saturated heterocycles. The van der Waals surface area contributed by atoms with Crippen LogP contribution in [0.1, 0.15) is 24.2 Å². The number of nitrogens with zero attached hydrogens (tertiary/aromatic N) is 3. The summed E-state index contributed by atoms with van der Waals surface area (Å²) < 4.78 is 54.6. The molecule has 5 nitrogen and oxygen atoms in total. The van der Waals surface area contributed by atoms with Crippen molar-refractivity contribution >= 4 is 24.8 Å². The van der Waals surface area contributed by atoms with Gasteiger partial charge in [0, 0.05) is 24.8 Å². The van der Waals surface area contributed by atoms with Gasteiger partial charge in [-0.15, -0.1) is 24.8 Å². The smallest absolute Gasteiger partial charge is 0.382 e. The number of aromatic nitrogens is 2. The van der Waals surface area contributed by atoms with Crippen LogP contribution in [-0.4, -0.2) is 53.3 Å². The van der Waals surface area contributed by atoms with Crippen molar-refractivity contribution in [3.8, 4) is 11.3 Å². The molecule has 2 heterocycles. The van der Waals surface area contributed by atoms with Gasteiger partial charge >= 0.3 is 6.18 Å². The van der Waals surface area contributed by atoms with Gasteiger partial charge in [0.1, 0.15) is 17.2 Å². The van der Waals surface area contributed by atoms with Crippen LogP contribution in [0.3, 0.4) is 0 Å². The number of halogens is 6. The quantitative estimate of drug-likeness (QED) is 0.651. The minimum atomic E-state index is -4.79. The summed E-state index contributed by atoms with van der Waals surface area (Å²) in [6, 6.07) is 2.85. The predicted octanol–water partition coefficient (Wildman–Crippen LogP) is 3.68. The third-order valence-electron chi connectivity index (χ3n) is 4.98. The zero-order valence-electron chi connectivity index (χ0n) is 16.7. The Hall–Kier alpha value is -1.39. The second kappa shape index (κ2) is 10.3. The van der Waals surface area contributed by atoms with E-state index >= 15 is 0 Å². The molecule has 0 unspecified atom stereocenters. The summed E-state index contributed by atoms with van der Waals surface area (Å²) in [5, 5.41) is 14.3. The van der Waals surface area contributed by atoms with Crippen molar-refractivity contribution < 1.29 is 22.7 Å². The summed E-state index contributed by atoms with van der Waals surface area (Å²) in [5.41, 5.74) is -2.03. The van der Waals surface area contributed by atoms with E-state index in [-0.39, 0.29) is 36.1 Å². The summed E-state index contributed by atoms with van der Waals surface area (Å²) in [7, 11) is 3.82. The number of nitrogens with one attached hydrogen (secondary N) is 1. The van der Waals surface area contributed by atoms with E-state index < -0.39 is 23.2 Å². The van der Waals surface area contributed by atoms with Crippen molar-refractivity contribution in [3.05, 3.63) is 41.6 Å². The van der Waals surface area contributed by atoms with Gasteiger partial charge in [-0.2, -0.15) is 13.2 Å². The van der Waals surface area contributed by atoms with Crippen LogP contribution in [-0.2, 0) is 18.3 Å². The molecule has 2 N–H and O–H groups in total. The molecule has 1 aliphatic heterocycles. The first-order valence-electron chi connectivity index (χ1n) is 9.13. The number of aliphatic hydroxyl groups is 1. The Morgan fingerprint density at radius 3 is 2.40 bits per heavy atom. The molecule has 30 heavy (non-hydrogen) atoms. The Labute approximate surface area is 185 Å². The van der Waals surface area contributed by atoms with Crippen LogP contribution in [0.5, 0.6) is 0 Å². The molecule has 1 aromatic carbocycles. The molecular weight excluding hydrogens is 447 g/mol. The first kappa shape index (κ1) is 26.6. The van der Waals surface area contributed by atoms with Gasteiger partial charge in [-0.3, -0.25) is 0 Å². The Bertz CT molecular complexity index is 836. The molecule has 0 aliphatic carbocycles. The fourth-order valence-corrected chi connectivity index (χ4v) is 3.37. The Morgan fingerprint density at radius 2 is 1.83 bits per heavy atom. The average molecular weight is 473 g/mol. The normalized spacial score (nSPS) is 16.1. The summed E-state index contributed by atoms with van der Waals surface area (Å²) in [6.45, 7) is 2.45. The topological polar surface area (TPSA) is 53.3 Å². The van der Waals surface area contributed by atoms with E-state index in [2.05, 4.69) is 10.3 Å². The number of alkyl halides is 3. The highest BCUT2D eigenvalue weighted by Crippen LogP contribution is 2.36. The molecule has 2 aromatic rings. The van der Waals surface area contributed by atoms with Crippen molar-refractivity contribution in [2.24, 2.45) is 0 Å². The van der Waals surface area contributed by atoms with Gasteiger partial charge in [-0.1, -0.05) is 0 Å². The van der Waals surface area contributed by atoms with Crippen molar-refractivity contribution in [3.63, 3.8) is 0 Å². The van der Waals surface area contributed by atoms with E-state index in [0.29, 0.717) is 44.8 Å². The number of rotatable bonds is 5. The molecule has 11 heteroatoms. The Morgan fingerprint density at radius 1 is 1.20 bits per heavy atom. The molecule has 0 radical (unpaired) electrons. The lowest BCUT2D eigenvalue weighted by molar-refractivity contribution is -0.139. The number of piperidine rings is 1. The highest BCUT2D eigenvalue weighted by atomic mass is 35.5. The molecule has 0 bridgehead atoms. The van der Waals surface area contributed by atoms with Crippen LogP contribution in [0.25, 0.3) is 11.3 Å². The first-order valence-corrected chi connectivity index (χ1v) is 9.13. The SMILES string of the molecule is CN(C)CCn1cc(-c2ccc(F)c(C(F)(F)F)c2)nc1C1(O)CCNCC1.Cl.Cl. The van der Waals surface area contributed by atoms with Crippen LogP contribution in [0.15, 0.2) is 24.4 Å². The predicted molar refractivity (Wildman–Crippen MR) is 112 cm³/mol. The highest BCUT2D eigenvalue weighted by Gasteiger charge is 2.37. The fraction of sp³-hybridized carbons (Fsp3) is 0.526. The lowest BCUT2D eigenvalue weighted by atomic mass is 9.91. The van der Waals surface area contributed by atoms with Gasteiger partial charge in [0.05, 0.1) is 11.3 Å². The van der Waals surface area contributed by atoms with E-state index in [1.807, 2.05) is 19.0 Å². The van der Waals surface area contributed by atoms with E-state index in [4.69, 9.17) is 0 Å². The minimum Gasteiger partial charge on any atom is -0.382 e. The maximum atomic E-state index is 13.6. The van der Waals surface area contributed by atoms with Crippen molar-refractivity contribution in [2.75, 3.05) is 33.7 Å². The van der Waals surface area contributed by atoms with E-state index in [0.717, 1.165) is 12.1 Å². The largest absolute Gasteiger partial charge is 0.419 e. The number of imidazole rings is 1. The Kier molecular flexibility index (Phi) is 9.13. The molecule has 1 fully saturated rings. The molecule has 1 aliphatic rings. The second-order valence-electron chi connectivity index (χ2n) is 7.42. The number of hydrogen-bond acceptors (Lipinski definition) is 4. The van der Waals surface area contributed by atoms with Gasteiger partial charge in [0.2, 0.25) is 0 Å². The summed E-state index contributed by atoms with van der Waals surface area (Å²) >= 11 is 0. The van der Waals surface area contributed by atoms with Gasteiger partial charge in [-0.25, -0.2) is 9.37 Å². The monoisotopic (exact) mass is 472 g/mol. The first-order chi connectivity index (χ1) is 13.1.